The third-order valence-electron chi connectivity index (χ3n) is 4.95. The number of hydrogen-bond acceptors (Lipinski definition) is 4. The van der Waals surface area contributed by atoms with Crippen LogP contribution in [0.5, 0.6) is 0 Å². The summed E-state index contributed by atoms with van der Waals surface area (Å²) >= 11 is 10.3. The van der Waals surface area contributed by atoms with Crippen LogP contribution in [0.4, 0.5) is 0 Å². The van der Waals surface area contributed by atoms with Crippen molar-refractivity contribution in [2.75, 3.05) is 20.1 Å². The first-order valence-electron chi connectivity index (χ1n) is 8.47. The predicted octanol–water partition coefficient (Wildman–Crippen LogP) is 4.02. The number of benzene rings is 1. The van der Waals surface area contributed by atoms with E-state index in [1.54, 1.807) is 0 Å². The van der Waals surface area contributed by atoms with Crippen LogP contribution in [0.3, 0.4) is 0 Å². The number of rotatable bonds is 7. The minimum Gasteiger partial charge on any atom is -0.354 e. The lowest BCUT2D eigenvalue weighted by Crippen LogP contribution is -2.48. The molecule has 1 fully saturated rings. The first kappa shape index (κ1) is 20.8. The van der Waals surface area contributed by atoms with Crippen LogP contribution in [0.2, 0.25) is 4.34 Å². The van der Waals surface area contributed by atoms with Gasteiger partial charge >= 0.3 is 0 Å². The van der Waals surface area contributed by atoms with E-state index in [0.717, 1.165) is 39.4 Å². The van der Waals surface area contributed by atoms with Crippen molar-refractivity contribution in [3.63, 3.8) is 0 Å². The molecule has 0 atom stereocenters. The van der Waals surface area contributed by atoms with E-state index in [0.29, 0.717) is 10.9 Å². The van der Waals surface area contributed by atoms with E-state index in [1.807, 2.05) is 12.1 Å². The molecule has 0 aliphatic heterocycles. The second-order valence-electron chi connectivity index (χ2n) is 6.74. The van der Waals surface area contributed by atoms with Crippen molar-refractivity contribution in [3.8, 4) is 0 Å². The van der Waals surface area contributed by atoms with Crippen LogP contribution in [0, 0.1) is 0 Å². The molecule has 0 bridgehead atoms. The van der Waals surface area contributed by atoms with Crippen molar-refractivity contribution in [3.05, 3.63) is 50.8 Å². The molecule has 1 aromatic carbocycles. The van der Waals surface area contributed by atoms with Gasteiger partial charge in [-0.05, 0) is 42.7 Å². The molecular weight excluding hydrogens is 472 g/mol. The molecule has 0 saturated heterocycles. The standard InChI is InChI=1S/C18H20BrClN2O3S2/c1-22(27(24,25)17-7-6-15(20)26-17)11-16(23)21-12-18(8-3-9-18)13-4-2-5-14(19)10-13/h2,4-7,10H,3,8-9,11-12H2,1H3,(H,21,23). The fourth-order valence-corrected chi connectivity index (χ4v) is 6.41. The maximum atomic E-state index is 12.5. The highest BCUT2D eigenvalue weighted by atomic mass is 79.9. The Bertz CT molecular complexity index is 942. The largest absolute Gasteiger partial charge is 0.354 e. The Labute approximate surface area is 176 Å². The Morgan fingerprint density at radius 3 is 2.63 bits per heavy atom. The van der Waals surface area contributed by atoms with Gasteiger partial charge in [0.25, 0.3) is 10.0 Å². The highest BCUT2D eigenvalue weighted by molar-refractivity contribution is 9.10. The number of nitrogens with one attached hydrogen (secondary N) is 1. The van der Waals surface area contributed by atoms with E-state index < -0.39 is 10.0 Å². The Kier molecular flexibility index (Phi) is 6.32. The van der Waals surface area contributed by atoms with Crippen molar-refractivity contribution < 1.29 is 13.2 Å². The molecule has 27 heavy (non-hydrogen) atoms. The summed E-state index contributed by atoms with van der Waals surface area (Å²) in [4.78, 5) is 12.4. The molecule has 1 saturated carbocycles. The molecule has 1 aromatic heterocycles. The number of carbonyl (C=O) groups is 1. The number of amides is 1. The molecule has 9 heteroatoms. The molecule has 1 N–H and O–H groups in total. The molecule has 146 valence electrons. The molecular formula is C18H20BrClN2O3S2. The van der Waals surface area contributed by atoms with Crippen LogP contribution in [0.25, 0.3) is 0 Å². The number of sulfonamides is 1. The third-order valence-corrected chi connectivity index (χ3v) is 8.95. The molecule has 1 aliphatic rings. The normalized spacial score (nSPS) is 16.1. The highest BCUT2D eigenvalue weighted by Gasteiger charge is 2.39. The van der Waals surface area contributed by atoms with Gasteiger partial charge in [-0.15, -0.1) is 11.3 Å². The molecule has 3 rings (SSSR count). The summed E-state index contributed by atoms with van der Waals surface area (Å²) in [5, 5.41) is 2.92. The fraction of sp³-hybridized carbons (Fsp3) is 0.389. The maximum Gasteiger partial charge on any atom is 0.252 e. The quantitative estimate of drug-likeness (QED) is 0.636. The lowest BCUT2D eigenvalue weighted by molar-refractivity contribution is -0.121. The number of likely N-dealkylation sites (N-methyl/N-ethyl adjacent to an activating group) is 1. The highest BCUT2D eigenvalue weighted by Crippen LogP contribution is 2.43. The van der Waals surface area contributed by atoms with Crippen LogP contribution in [-0.2, 0) is 20.2 Å². The van der Waals surface area contributed by atoms with Gasteiger partial charge in [0.1, 0.15) is 4.21 Å². The monoisotopic (exact) mass is 490 g/mol. The van der Waals surface area contributed by atoms with Gasteiger partial charge in [-0.2, -0.15) is 4.31 Å². The van der Waals surface area contributed by atoms with Crippen molar-refractivity contribution in [1.29, 1.82) is 0 Å². The lowest BCUT2D eigenvalue weighted by Gasteiger charge is -2.42. The summed E-state index contributed by atoms with van der Waals surface area (Å²) in [6.07, 6.45) is 3.13. The number of hydrogen-bond donors (Lipinski definition) is 1. The van der Waals surface area contributed by atoms with Crippen LogP contribution in [0.1, 0.15) is 24.8 Å². The van der Waals surface area contributed by atoms with Gasteiger partial charge in [-0.25, -0.2) is 8.42 Å². The lowest BCUT2D eigenvalue weighted by atomic mass is 9.64. The summed E-state index contributed by atoms with van der Waals surface area (Å²) in [6.45, 7) is 0.271. The third kappa shape index (κ3) is 4.56. The smallest absolute Gasteiger partial charge is 0.252 e. The summed E-state index contributed by atoms with van der Waals surface area (Å²) in [6, 6.07) is 11.1. The molecule has 1 aliphatic carbocycles. The number of nitrogens with zero attached hydrogens (tertiary/aromatic N) is 1. The predicted molar refractivity (Wildman–Crippen MR) is 112 cm³/mol. The van der Waals surface area contributed by atoms with E-state index >= 15 is 0 Å². The average molecular weight is 492 g/mol. The summed E-state index contributed by atoms with van der Waals surface area (Å²) < 4.78 is 27.6. The van der Waals surface area contributed by atoms with E-state index in [4.69, 9.17) is 11.6 Å². The first-order chi connectivity index (χ1) is 12.7. The van der Waals surface area contributed by atoms with E-state index in [9.17, 15) is 13.2 Å². The van der Waals surface area contributed by atoms with Crippen LogP contribution in [0.15, 0.2) is 45.1 Å². The molecule has 0 spiro atoms. The zero-order valence-corrected chi connectivity index (χ0v) is 18.7. The van der Waals surface area contributed by atoms with Crippen molar-refractivity contribution in [2.45, 2.75) is 28.9 Å². The number of thiophene rings is 1. The minimum atomic E-state index is -3.72. The zero-order chi connectivity index (χ0) is 19.7. The van der Waals surface area contributed by atoms with Gasteiger partial charge < -0.3 is 5.32 Å². The fourth-order valence-electron chi connectivity index (χ4n) is 3.19. The molecule has 5 nitrogen and oxygen atoms in total. The topological polar surface area (TPSA) is 66.5 Å². The first-order valence-corrected chi connectivity index (χ1v) is 11.9. The molecule has 2 aromatic rings. The van der Waals surface area contributed by atoms with E-state index in [1.165, 1.54) is 24.7 Å². The van der Waals surface area contributed by atoms with Crippen molar-refractivity contribution >= 4 is 54.8 Å². The van der Waals surface area contributed by atoms with Crippen LogP contribution >= 0.6 is 38.9 Å². The van der Waals surface area contributed by atoms with E-state index in [2.05, 4.69) is 33.4 Å². The van der Waals surface area contributed by atoms with Gasteiger partial charge in [0.2, 0.25) is 5.91 Å². The van der Waals surface area contributed by atoms with Crippen molar-refractivity contribution in [2.24, 2.45) is 0 Å². The Morgan fingerprint density at radius 2 is 2.07 bits per heavy atom. The Morgan fingerprint density at radius 1 is 1.33 bits per heavy atom. The second kappa shape index (κ2) is 8.21. The van der Waals surface area contributed by atoms with Gasteiger partial charge in [0, 0.05) is 23.5 Å². The second-order valence-corrected chi connectivity index (χ2v) is 11.6. The van der Waals surface area contributed by atoms with Gasteiger partial charge in [0.05, 0.1) is 10.9 Å². The van der Waals surface area contributed by atoms with E-state index in [-0.39, 0.29) is 22.1 Å². The molecule has 0 unspecified atom stereocenters. The number of halogens is 2. The SMILES string of the molecule is CN(CC(=O)NCC1(c2cccc(Br)c2)CCC1)S(=O)(=O)c1ccc(Cl)s1. The van der Waals surface area contributed by atoms with Gasteiger partial charge in [-0.3, -0.25) is 4.79 Å². The summed E-state index contributed by atoms with van der Waals surface area (Å²) in [5.41, 5.74) is 1.12. The summed E-state index contributed by atoms with van der Waals surface area (Å²) in [5.74, 6) is -0.315. The zero-order valence-electron chi connectivity index (χ0n) is 14.7. The molecule has 1 amide bonds. The molecule has 0 radical (unpaired) electrons. The van der Waals surface area contributed by atoms with Crippen LogP contribution < -0.4 is 5.32 Å². The summed E-state index contributed by atoms with van der Waals surface area (Å²) in [7, 11) is -2.32. The van der Waals surface area contributed by atoms with Crippen molar-refractivity contribution in [1.82, 2.24) is 9.62 Å². The van der Waals surface area contributed by atoms with Gasteiger partial charge in [-0.1, -0.05) is 46.1 Å². The average Bonchev–Trinajstić information content (AvgIpc) is 3.01. The Hall–Kier alpha value is -0.930. The maximum absolute atomic E-state index is 12.5. The Balaban J connectivity index is 1.62. The minimum absolute atomic E-state index is 0.0713. The number of carbonyl (C=O) groups excluding carboxylic acids is 1. The van der Waals surface area contributed by atoms with Gasteiger partial charge in [0.15, 0.2) is 0 Å². The molecule has 1 heterocycles. The van der Waals surface area contributed by atoms with Crippen LogP contribution in [-0.4, -0.2) is 38.8 Å².